The lowest BCUT2D eigenvalue weighted by molar-refractivity contribution is -0.118. The molecular weight excluding hydrogens is 452 g/mol. The van der Waals surface area contributed by atoms with Crippen molar-refractivity contribution in [1.82, 2.24) is 15.3 Å². The van der Waals surface area contributed by atoms with Crippen LogP contribution in [0.3, 0.4) is 0 Å². The van der Waals surface area contributed by atoms with Gasteiger partial charge in [-0.1, -0.05) is 0 Å². The van der Waals surface area contributed by atoms with E-state index in [0.717, 1.165) is 29.8 Å². The molecule has 11 heteroatoms. The van der Waals surface area contributed by atoms with Gasteiger partial charge in [-0.25, -0.2) is 9.78 Å². The molecule has 3 aliphatic rings. The maximum absolute atomic E-state index is 12.5. The minimum Gasteiger partial charge on any atom is -0.482 e. The number of ether oxygens (including phenoxy) is 3. The highest BCUT2D eigenvalue weighted by Gasteiger charge is 2.36. The van der Waals surface area contributed by atoms with Gasteiger partial charge in [-0.15, -0.1) is 0 Å². The van der Waals surface area contributed by atoms with Gasteiger partial charge in [-0.3, -0.25) is 14.7 Å². The van der Waals surface area contributed by atoms with Gasteiger partial charge in [0.25, 0.3) is 5.91 Å². The summed E-state index contributed by atoms with van der Waals surface area (Å²) in [5.74, 6) is 0.921. The molecule has 0 saturated carbocycles. The number of aromatic nitrogens is 2. The van der Waals surface area contributed by atoms with E-state index >= 15 is 0 Å². The van der Waals surface area contributed by atoms with E-state index in [9.17, 15) is 9.59 Å². The number of carbonyl (C=O) groups is 2. The summed E-state index contributed by atoms with van der Waals surface area (Å²) >= 11 is 0. The lowest BCUT2D eigenvalue weighted by Gasteiger charge is -2.42. The molecule has 35 heavy (non-hydrogen) atoms. The van der Waals surface area contributed by atoms with Crippen molar-refractivity contribution in [3.05, 3.63) is 42.6 Å². The van der Waals surface area contributed by atoms with Gasteiger partial charge in [-0.2, -0.15) is 0 Å². The average molecular weight is 476 g/mol. The van der Waals surface area contributed by atoms with Gasteiger partial charge in [0, 0.05) is 43.6 Å². The summed E-state index contributed by atoms with van der Waals surface area (Å²) in [6.07, 6.45) is 1.39. The number of amides is 2. The Labute approximate surface area is 201 Å². The van der Waals surface area contributed by atoms with Crippen LogP contribution in [0.15, 0.2) is 42.6 Å². The maximum atomic E-state index is 12.5. The van der Waals surface area contributed by atoms with Crippen LogP contribution in [-0.4, -0.2) is 74.0 Å². The first-order valence-electron chi connectivity index (χ1n) is 11.4. The average Bonchev–Trinajstić information content (AvgIpc) is 3.22. The van der Waals surface area contributed by atoms with Gasteiger partial charge in [0.2, 0.25) is 5.88 Å². The fraction of sp³-hybridized carbons (Fsp3) is 0.333. The molecule has 5 heterocycles. The summed E-state index contributed by atoms with van der Waals surface area (Å²) in [4.78, 5) is 37.0. The number of cyclic esters (lactones) is 1. The third kappa shape index (κ3) is 3.93. The van der Waals surface area contributed by atoms with Crippen molar-refractivity contribution >= 4 is 40.1 Å². The first kappa shape index (κ1) is 21.4. The topological polar surface area (TPSA) is 118 Å². The van der Waals surface area contributed by atoms with Crippen LogP contribution in [0.2, 0.25) is 0 Å². The van der Waals surface area contributed by atoms with Crippen LogP contribution < -0.4 is 29.9 Å². The van der Waals surface area contributed by atoms with Crippen LogP contribution in [0.1, 0.15) is 0 Å². The largest absolute Gasteiger partial charge is 0.482 e. The van der Waals surface area contributed by atoms with E-state index in [1.54, 1.807) is 42.5 Å². The quantitative estimate of drug-likeness (QED) is 0.549. The first-order chi connectivity index (χ1) is 17.1. The SMILES string of the molecule is COc1ccc2nccc(N3CC(NC[C@H]4COC(=O)N4c4ccc5c(c4)NC(=O)CO5)C3)c2n1. The number of carbonyl (C=O) groups excluding carboxylic acids is 2. The second-order valence-corrected chi connectivity index (χ2v) is 8.68. The highest BCUT2D eigenvalue weighted by Crippen LogP contribution is 2.34. The molecule has 6 rings (SSSR count). The van der Waals surface area contributed by atoms with Crippen molar-refractivity contribution in [3.63, 3.8) is 0 Å². The molecule has 3 aliphatic heterocycles. The monoisotopic (exact) mass is 476 g/mol. The number of hydrogen-bond donors (Lipinski definition) is 2. The Kier molecular flexibility index (Phi) is 5.25. The maximum Gasteiger partial charge on any atom is 0.414 e. The molecular formula is C24H24N6O5. The van der Waals surface area contributed by atoms with Gasteiger partial charge in [-0.05, 0) is 30.3 Å². The van der Waals surface area contributed by atoms with Crippen LogP contribution in [-0.2, 0) is 9.53 Å². The van der Waals surface area contributed by atoms with Gasteiger partial charge in [0.05, 0.1) is 30.0 Å². The zero-order valence-corrected chi connectivity index (χ0v) is 19.1. The zero-order chi connectivity index (χ0) is 23.9. The van der Waals surface area contributed by atoms with Gasteiger partial charge in [0.15, 0.2) is 6.61 Å². The second-order valence-electron chi connectivity index (χ2n) is 8.68. The molecule has 1 atom stereocenters. The lowest BCUT2D eigenvalue weighted by Crippen LogP contribution is -2.60. The number of anilines is 3. The second kappa shape index (κ2) is 8.58. The highest BCUT2D eigenvalue weighted by atomic mass is 16.6. The molecule has 11 nitrogen and oxygen atoms in total. The normalized spacial score (nSPS) is 19.6. The van der Waals surface area contributed by atoms with E-state index in [-0.39, 0.29) is 24.6 Å². The lowest BCUT2D eigenvalue weighted by atomic mass is 10.1. The molecule has 0 aliphatic carbocycles. The Hall–Kier alpha value is -4.12. The molecule has 2 amide bonds. The summed E-state index contributed by atoms with van der Waals surface area (Å²) in [7, 11) is 1.60. The van der Waals surface area contributed by atoms with Crippen LogP contribution in [0.4, 0.5) is 21.9 Å². The Morgan fingerprint density at radius 1 is 1.17 bits per heavy atom. The third-order valence-electron chi connectivity index (χ3n) is 6.45. The molecule has 0 unspecified atom stereocenters. The van der Waals surface area contributed by atoms with E-state index in [0.29, 0.717) is 36.2 Å². The Morgan fingerprint density at radius 2 is 2.06 bits per heavy atom. The van der Waals surface area contributed by atoms with Gasteiger partial charge < -0.3 is 29.7 Å². The van der Waals surface area contributed by atoms with Crippen LogP contribution in [0.5, 0.6) is 11.6 Å². The number of benzene rings is 1. The molecule has 3 aromatic rings. The standard InChI is InChI=1S/C24H24N6O5/c1-33-22-5-3-17-23(28-22)19(6-7-25-17)29-10-14(11-29)26-9-16-12-35-24(32)30(16)15-2-4-20-18(8-15)27-21(31)13-34-20/h2-8,14,16,26H,9-13H2,1H3,(H,27,31)/t16-/m0/s1. The van der Waals surface area contributed by atoms with E-state index < -0.39 is 6.09 Å². The molecule has 1 aromatic carbocycles. The number of nitrogens with one attached hydrogen (secondary N) is 2. The minimum atomic E-state index is -0.404. The molecule has 2 aromatic heterocycles. The van der Waals surface area contributed by atoms with Gasteiger partial charge in [0.1, 0.15) is 17.9 Å². The summed E-state index contributed by atoms with van der Waals surface area (Å²) in [6.45, 7) is 2.47. The Morgan fingerprint density at radius 3 is 2.91 bits per heavy atom. The van der Waals surface area contributed by atoms with Crippen LogP contribution >= 0.6 is 0 Å². The van der Waals surface area contributed by atoms with Crippen molar-refractivity contribution in [2.45, 2.75) is 12.1 Å². The van der Waals surface area contributed by atoms with Crippen LogP contribution in [0.25, 0.3) is 11.0 Å². The summed E-state index contributed by atoms with van der Waals surface area (Å²) < 4.78 is 16.0. The number of nitrogens with zero attached hydrogens (tertiary/aromatic N) is 4. The summed E-state index contributed by atoms with van der Waals surface area (Å²) in [6, 6.07) is 11.1. The van der Waals surface area contributed by atoms with E-state index in [4.69, 9.17) is 14.2 Å². The van der Waals surface area contributed by atoms with Crippen molar-refractivity contribution < 1.29 is 23.8 Å². The Bertz CT molecular complexity index is 1310. The molecule has 2 N–H and O–H groups in total. The van der Waals surface area contributed by atoms with Gasteiger partial charge >= 0.3 is 6.09 Å². The number of pyridine rings is 2. The smallest absolute Gasteiger partial charge is 0.414 e. The fourth-order valence-corrected chi connectivity index (χ4v) is 4.62. The summed E-state index contributed by atoms with van der Waals surface area (Å²) in [5, 5.41) is 6.33. The van der Waals surface area contributed by atoms with E-state index in [1.165, 1.54) is 0 Å². The molecule has 2 saturated heterocycles. The van der Waals surface area contributed by atoms with E-state index in [2.05, 4.69) is 25.5 Å². The molecule has 0 spiro atoms. The third-order valence-corrected chi connectivity index (χ3v) is 6.45. The fourth-order valence-electron chi connectivity index (χ4n) is 4.62. The minimum absolute atomic E-state index is 0.0120. The van der Waals surface area contributed by atoms with Crippen molar-refractivity contribution in [3.8, 4) is 11.6 Å². The molecule has 2 fully saturated rings. The number of fused-ring (bicyclic) bond motifs is 2. The highest BCUT2D eigenvalue weighted by molar-refractivity contribution is 5.97. The molecule has 0 bridgehead atoms. The Balaban J connectivity index is 1.11. The number of methoxy groups -OCH3 is 1. The van der Waals surface area contributed by atoms with Crippen LogP contribution in [0, 0.1) is 0 Å². The van der Waals surface area contributed by atoms with Crippen molar-refractivity contribution in [1.29, 1.82) is 0 Å². The van der Waals surface area contributed by atoms with Crippen molar-refractivity contribution in [2.75, 3.05) is 55.1 Å². The summed E-state index contributed by atoms with van der Waals surface area (Å²) in [5.41, 5.74) is 3.86. The predicted molar refractivity (Wildman–Crippen MR) is 128 cm³/mol. The predicted octanol–water partition coefficient (Wildman–Crippen LogP) is 1.77. The molecule has 180 valence electrons. The molecule has 0 radical (unpaired) electrons. The number of hydrogen-bond acceptors (Lipinski definition) is 9. The number of rotatable bonds is 6. The first-order valence-corrected chi connectivity index (χ1v) is 11.4. The zero-order valence-electron chi connectivity index (χ0n) is 19.1. The van der Waals surface area contributed by atoms with Crippen molar-refractivity contribution in [2.24, 2.45) is 0 Å². The van der Waals surface area contributed by atoms with E-state index in [1.807, 2.05) is 12.1 Å².